The molecule has 1 heterocycles. The van der Waals surface area contributed by atoms with Crippen LogP contribution in [0.2, 0.25) is 0 Å². The fraction of sp³-hybridized carbons (Fsp3) is 0.200. The van der Waals surface area contributed by atoms with Crippen molar-refractivity contribution in [2.75, 3.05) is 0 Å². The lowest BCUT2D eigenvalue weighted by Crippen LogP contribution is -1.97. The quantitative estimate of drug-likeness (QED) is 0.880. The Morgan fingerprint density at radius 1 is 1.64 bits per heavy atom. The number of carboxylic acid groups (broad SMARTS) is 1. The molecule has 1 N–H and O–H groups in total. The van der Waals surface area contributed by atoms with Crippen molar-refractivity contribution in [1.29, 1.82) is 0 Å². The molecular formula is C10H8BrNO2. The Morgan fingerprint density at radius 3 is 3.07 bits per heavy atom. The number of hydrogen-bond acceptors (Lipinski definition) is 2. The molecule has 14 heavy (non-hydrogen) atoms. The molecule has 72 valence electrons. The molecule has 0 saturated heterocycles. The van der Waals surface area contributed by atoms with Crippen molar-refractivity contribution in [2.45, 2.75) is 12.8 Å². The summed E-state index contributed by atoms with van der Waals surface area (Å²) in [7, 11) is 0. The van der Waals surface area contributed by atoms with E-state index in [1.807, 2.05) is 12.1 Å². The summed E-state index contributed by atoms with van der Waals surface area (Å²) in [4.78, 5) is 14.7. The van der Waals surface area contributed by atoms with E-state index in [-0.39, 0.29) is 6.42 Å². The zero-order valence-corrected chi connectivity index (χ0v) is 8.91. The standard InChI is InChI=1S/C10H8BrNO2/c11-8-1-2-12-9-4-6(3-7(8)9)5-10(13)14/h1-3H,4-5H2,(H,13,14). The average Bonchev–Trinajstić information content (AvgIpc) is 2.47. The van der Waals surface area contributed by atoms with Crippen LogP contribution in [0.1, 0.15) is 17.7 Å². The van der Waals surface area contributed by atoms with E-state index in [1.165, 1.54) is 0 Å². The van der Waals surface area contributed by atoms with Crippen molar-refractivity contribution in [2.24, 2.45) is 0 Å². The van der Waals surface area contributed by atoms with Gasteiger partial charge >= 0.3 is 5.97 Å². The lowest BCUT2D eigenvalue weighted by molar-refractivity contribution is -0.136. The molecule has 2 rings (SSSR count). The van der Waals surface area contributed by atoms with E-state index in [0.717, 1.165) is 21.3 Å². The van der Waals surface area contributed by atoms with Crippen molar-refractivity contribution >= 4 is 28.0 Å². The highest BCUT2D eigenvalue weighted by molar-refractivity contribution is 9.10. The molecule has 1 aromatic heterocycles. The second kappa shape index (κ2) is 3.53. The maximum atomic E-state index is 10.5. The van der Waals surface area contributed by atoms with Gasteiger partial charge in [0, 0.05) is 22.7 Å². The number of carboxylic acids is 1. The summed E-state index contributed by atoms with van der Waals surface area (Å²) in [5.74, 6) is -0.792. The van der Waals surface area contributed by atoms with Crippen molar-refractivity contribution < 1.29 is 9.90 Å². The van der Waals surface area contributed by atoms with E-state index in [2.05, 4.69) is 20.9 Å². The first-order valence-electron chi connectivity index (χ1n) is 4.21. The highest BCUT2D eigenvalue weighted by Gasteiger charge is 2.17. The SMILES string of the molecule is O=C(O)CC1=Cc2c(Br)ccnc2C1. The third-order valence-electron chi connectivity index (χ3n) is 2.14. The number of aromatic nitrogens is 1. The highest BCUT2D eigenvalue weighted by atomic mass is 79.9. The molecule has 0 bridgehead atoms. The first-order valence-corrected chi connectivity index (χ1v) is 5.01. The van der Waals surface area contributed by atoms with Crippen molar-refractivity contribution in [3.05, 3.63) is 33.6 Å². The van der Waals surface area contributed by atoms with Gasteiger partial charge in [0.05, 0.1) is 12.1 Å². The fourth-order valence-electron chi connectivity index (χ4n) is 1.56. The summed E-state index contributed by atoms with van der Waals surface area (Å²) in [6.45, 7) is 0. The topological polar surface area (TPSA) is 50.2 Å². The van der Waals surface area contributed by atoms with Gasteiger partial charge in [0.1, 0.15) is 0 Å². The molecular weight excluding hydrogens is 246 g/mol. The van der Waals surface area contributed by atoms with Gasteiger partial charge in [-0.25, -0.2) is 0 Å². The number of carbonyl (C=O) groups is 1. The Kier molecular flexibility index (Phi) is 2.37. The molecule has 0 aliphatic heterocycles. The summed E-state index contributed by atoms with van der Waals surface area (Å²) < 4.78 is 0.975. The molecule has 0 fully saturated rings. The van der Waals surface area contributed by atoms with E-state index in [4.69, 9.17) is 5.11 Å². The van der Waals surface area contributed by atoms with Gasteiger partial charge in [-0.15, -0.1) is 0 Å². The average molecular weight is 254 g/mol. The molecule has 0 atom stereocenters. The van der Waals surface area contributed by atoms with Crippen molar-refractivity contribution in [1.82, 2.24) is 4.98 Å². The summed E-state index contributed by atoms with van der Waals surface area (Å²) in [6.07, 6.45) is 4.38. The minimum atomic E-state index is -0.792. The van der Waals surface area contributed by atoms with Crippen LogP contribution in [0.15, 0.2) is 22.3 Å². The molecule has 1 aliphatic rings. The van der Waals surface area contributed by atoms with Gasteiger partial charge in [-0.2, -0.15) is 0 Å². The number of hydrogen-bond donors (Lipinski definition) is 1. The van der Waals surface area contributed by atoms with Gasteiger partial charge in [0.15, 0.2) is 0 Å². The number of halogens is 1. The Bertz CT molecular complexity index is 426. The summed E-state index contributed by atoms with van der Waals surface area (Å²) >= 11 is 3.41. The first kappa shape index (κ1) is 9.40. The van der Waals surface area contributed by atoms with Gasteiger partial charge in [-0.1, -0.05) is 27.6 Å². The Balaban J connectivity index is 2.30. The normalized spacial score (nSPS) is 13.6. The van der Waals surface area contributed by atoms with E-state index < -0.39 is 5.97 Å². The van der Waals surface area contributed by atoms with Gasteiger partial charge < -0.3 is 5.11 Å². The molecule has 0 amide bonds. The van der Waals surface area contributed by atoms with E-state index in [1.54, 1.807) is 6.20 Å². The zero-order chi connectivity index (χ0) is 10.1. The number of rotatable bonds is 2. The van der Waals surface area contributed by atoms with Crippen LogP contribution in [0.25, 0.3) is 6.08 Å². The molecule has 1 aliphatic carbocycles. The predicted octanol–water partition coefficient (Wildman–Crippen LogP) is 2.26. The smallest absolute Gasteiger partial charge is 0.307 e. The molecule has 0 saturated carbocycles. The van der Waals surface area contributed by atoms with E-state index in [0.29, 0.717) is 6.42 Å². The number of fused-ring (bicyclic) bond motifs is 1. The van der Waals surface area contributed by atoms with Crippen LogP contribution < -0.4 is 0 Å². The van der Waals surface area contributed by atoms with Crippen LogP contribution in [0.3, 0.4) is 0 Å². The van der Waals surface area contributed by atoms with Crippen LogP contribution in [-0.4, -0.2) is 16.1 Å². The Hall–Kier alpha value is -1.16. The highest BCUT2D eigenvalue weighted by Crippen LogP contribution is 2.30. The summed E-state index contributed by atoms with van der Waals surface area (Å²) in [5, 5.41) is 8.65. The predicted molar refractivity (Wildman–Crippen MR) is 55.9 cm³/mol. The third kappa shape index (κ3) is 1.70. The lowest BCUT2D eigenvalue weighted by atomic mass is 10.1. The molecule has 0 aromatic carbocycles. The first-order chi connectivity index (χ1) is 6.66. The maximum Gasteiger partial charge on any atom is 0.307 e. The van der Waals surface area contributed by atoms with Gasteiger partial charge in [0.2, 0.25) is 0 Å². The molecule has 3 nitrogen and oxygen atoms in total. The van der Waals surface area contributed by atoms with Crippen LogP contribution in [-0.2, 0) is 11.2 Å². The van der Waals surface area contributed by atoms with E-state index >= 15 is 0 Å². The Labute approximate surface area is 89.6 Å². The minimum absolute atomic E-state index is 0.1000. The van der Waals surface area contributed by atoms with Crippen LogP contribution in [0.4, 0.5) is 0 Å². The minimum Gasteiger partial charge on any atom is -0.481 e. The number of aliphatic carboxylic acids is 1. The van der Waals surface area contributed by atoms with Gasteiger partial charge in [-0.05, 0) is 6.07 Å². The van der Waals surface area contributed by atoms with Crippen LogP contribution in [0, 0.1) is 0 Å². The number of pyridine rings is 1. The second-order valence-corrected chi connectivity index (χ2v) is 4.06. The third-order valence-corrected chi connectivity index (χ3v) is 2.83. The molecule has 1 aromatic rings. The monoisotopic (exact) mass is 253 g/mol. The number of nitrogens with zero attached hydrogens (tertiary/aromatic N) is 1. The Morgan fingerprint density at radius 2 is 2.43 bits per heavy atom. The second-order valence-electron chi connectivity index (χ2n) is 3.20. The van der Waals surface area contributed by atoms with Crippen LogP contribution in [0.5, 0.6) is 0 Å². The molecule has 0 unspecified atom stereocenters. The molecule has 0 spiro atoms. The molecule has 0 radical (unpaired) electrons. The van der Waals surface area contributed by atoms with Crippen LogP contribution >= 0.6 is 15.9 Å². The fourth-order valence-corrected chi connectivity index (χ4v) is 2.02. The summed E-state index contributed by atoms with van der Waals surface area (Å²) in [6, 6.07) is 1.86. The van der Waals surface area contributed by atoms with Gasteiger partial charge in [0.25, 0.3) is 0 Å². The maximum absolute atomic E-state index is 10.5. The van der Waals surface area contributed by atoms with Gasteiger partial charge in [-0.3, -0.25) is 9.78 Å². The molecule has 4 heteroatoms. The zero-order valence-electron chi connectivity index (χ0n) is 7.33. The van der Waals surface area contributed by atoms with Crippen molar-refractivity contribution in [3.8, 4) is 0 Å². The van der Waals surface area contributed by atoms with Crippen molar-refractivity contribution in [3.63, 3.8) is 0 Å². The largest absolute Gasteiger partial charge is 0.481 e. The van der Waals surface area contributed by atoms with E-state index in [9.17, 15) is 4.79 Å². The lowest BCUT2D eigenvalue weighted by Gasteiger charge is -1.98. The summed E-state index contributed by atoms with van der Waals surface area (Å²) in [5.41, 5.74) is 2.88.